The molecule has 6 heteroatoms. The Morgan fingerprint density at radius 1 is 1.27 bits per heavy atom. The van der Waals surface area contributed by atoms with Crippen molar-refractivity contribution in [1.29, 1.82) is 0 Å². The molecule has 140 valence electrons. The highest BCUT2D eigenvalue weighted by Gasteiger charge is 2.17. The zero-order valence-corrected chi connectivity index (χ0v) is 15.9. The van der Waals surface area contributed by atoms with Gasteiger partial charge in [-0.2, -0.15) is 0 Å². The fraction of sp³-hybridized carbons (Fsp3) is 0.550. The molecule has 26 heavy (non-hydrogen) atoms. The van der Waals surface area contributed by atoms with E-state index < -0.39 is 0 Å². The van der Waals surface area contributed by atoms with Crippen molar-refractivity contribution in [2.24, 2.45) is 4.99 Å². The Kier molecular flexibility index (Phi) is 6.63. The van der Waals surface area contributed by atoms with Crippen LogP contribution in [0.5, 0.6) is 0 Å². The van der Waals surface area contributed by atoms with E-state index >= 15 is 0 Å². The Hall–Kier alpha value is -2.37. The molecule has 2 N–H and O–H groups in total. The highest BCUT2D eigenvalue weighted by Crippen LogP contribution is 2.18. The standard InChI is InChI=1S/C20H30N6/c1-3-19-25-22-15-26(19)14-13-21-20(24-18-11-7-8-12-18)23-16(2)17-9-5-4-6-10-17/h4-6,9-10,15-16,18H,3,7-8,11-14H2,1-2H3,(H2,21,23,24). The Bertz CT molecular complexity index is 687. The van der Waals surface area contributed by atoms with E-state index in [4.69, 9.17) is 4.99 Å². The molecule has 0 spiro atoms. The van der Waals surface area contributed by atoms with Gasteiger partial charge in [-0.25, -0.2) is 0 Å². The summed E-state index contributed by atoms with van der Waals surface area (Å²) in [7, 11) is 0. The molecule has 1 aromatic heterocycles. The molecule has 6 nitrogen and oxygen atoms in total. The van der Waals surface area contributed by atoms with Crippen LogP contribution >= 0.6 is 0 Å². The summed E-state index contributed by atoms with van der Waals surface area (Å²) in [6.07, 6.45) is 7.75. The van der Waals surface area contributed by atoms with Crippen molar-refractivity contribution in [2.45, 2.75) is 64.6 Å². The van der Waals surface area contributed by atoms with Crippen LogP contribution < -0.4 is 10.6 Å². The van der Waals surface area contributed by atoms with E-state index in [1.165, 1.54) is 31.2 Å². The van der Waals surface area contributed by atoms with Crippen LogP contribution in [-0.2, 0) is 13.0 Å². The molecular formula is C20H30N6. The van der Waals surface area contributed by atoms with Gasteiger partial charge in [0.05, 0.1) is 12.6 Å². The third-order valence-corrected chi connectivity index (χ3v) is 4.97. The van der Waals surface area contributed by atoms with Crippen LogP contribution in [0, 0.1) is 0 Å². The largest absolute Gasteiger partial charge is 0.354 e. The number of rotatable bonds is 7. The number of hydrogen-bond donors (Lipinski definition) is 2. The van der Waals surface area contributed by atoms with E-state index in [0.717, 1.165) is 24.7 Å². The van der Waals surface area contributed by atoms with Crippen LogP contribution in [0.4, 0.5) is 0 Å². The van der Waals surface area contributed by atoms with Gasteiger partial charge in [0.15, 0.2) is 5.96 Å². The van der Waals surface area contributed by atoms with Crippen LogP contribution in [0.2, 0.25) is 0 Å². The third kappa shape index (κ3) is 5.07. The normalized spacial score (nSPS) is 16.6. The Morgan fingerprint density at radius 3 is 2.77 bits per heavy atom. The van der Waals surface area contributed by atoms with Crippen molar-refractivity contribution in [1.82, 2.24) is 25.4 Å². The maximum atomic E-state index is 4.82. The second-order valence-electron chi connectivity index (χ2n) is 6.93. The molecule has 0 radical (unpaired) electrons. The molecule has 3 rings (SSSR count). The van der Waals surface area contributed by atoms with Crippen LogP contribution in [0.1, 0.15) is 57.0 Å². The molecular weight excluding hydrogens is 324 g/mol. The van der Waals surface area contributed by atoms with E-state index in [1.54, 1.807) is 6.33 Å². The van der Waals surface area contributed by atoms with E-state index in [-0.39, 0.29) is 6.04 Å². The summed E-state index contributed by atoms with van der Waals surface area (Å²) in [6, 6.07) is 11.2. The first-order valence-electron chi connectivity index (χ1n) is 9.75. The minimum absolute atomic E-state index is 0.213. The molecule has 2 aromatic rings. The lowest BCUT2D eigenvalue weighted by atomic mass is 10.1. The number of aryl methyl sites for hydroxylation is 1. The number of benzene rings is 1. The van der Waals surface area contributed by atoms with Crippen LogP contribution in [0.25, 0.3) is 0 Å². The van der Waals surface area contributed by atoms with Crippen molar-refractivity contribution in [3.8, 4) is 0 Å². The van der Waals surface area contributed by atoms with Crippen molar-refractivity contribution in [3.63, 3.8) is 0 Å². The van der Waals surface area contributed by atoms with Gasteiger partial charge >= 0.3 is 0 Å². The zero-order valence-electron chi connectivity index (χ0n) is 15.9. The van der Waals surface area contributed by atoms with Gasteiger partial charge < -0.3 is 15.2 Å². The molecule has 1 aromatic carbocycles. The second kappa shape index (κ2) is 9.36. The van der Waals surface area contributed by atoms with E-state index in [2.05, 4.69) is 63.5 Å². The molecule has 0 aliphatic heterocycles. The Morgan fingerprint density at radius 2 is 2.04 bits per heavy atom. The van der Waals surface area contributed by atoms with E-state index in [9.17, 15) is 0 Å². The lowest BCUT2D eigenvalue weighted by molar-refractivity contribution is 0.589. The maximum absolute atomic E-state index is 4.82. The number of nitrogens with zero attached hydrogens (tertiary/aromatic N) is 4. The molecule has 1 saturated carbocycles. The van der Waals surface area contributed by atoms with Gasteiger partial charge in [-0.15, -0.1) is 10.2 Å². The summed E-state index contributed by atoms with van der Waals surface area (Å²) < 4.78 is 2.08. The fourth-order valence-corrected chi connectivity index (χ4v) is 3.44. The lowest BCUT2D eigenvalue weighted by Gasteiger charge is -2.22. The Labute approximate surface area is 156 Å². The number of guanidine groups is 1. The maximum Gasteiger partial charge on any atom is 0.192 e. The first kappa shape index (κ1) is 18.4. The molecule has 1 heterocycles. The number of hydrogen-bond acceptors (Lipinski definition) is 3. The van der Waals surface area contributed by atoms with Crippen molar-refractivity contribution >= 4 is 5.96 Å². The van der Waals surface area contributed by atoms with Crippen molar-refractivity contribution in [3.05, 3.63) is 48.0 Å². The first-order chi connectivity index (χ1) is 12.8. The minimum atomic E-state index is 0.213. The average Bonchev–Trinajstić information content (AvgIpc) is 3.34. The summed E-state index contributed by atoms with van der Waals surface area (Å²) in [5.74, 6) is 1.91. The SMILES string of the molecule is CCc1nncn1CCN=C(NC1CCCC1)NC(C)c1ccccc1. The summed E-state index contributed by atoms with van der Waals surface area (Å²) in [5.41, 5.74) is 1.26. The van der Waals surface area contributed by atoms with Crippen molar-refractivity contribution in [2.75, 3.05) is 6.54 Å². The van der Waals surface area contributed by atoms with Gasteiger partial charge in [0.1, 0.15) is 12.2 Å². The monoisotopic (exact) mass is 354 g/mol. The molecule has 1 atom stereocenters. The molecule has 0 amide bonds. The predicted octanol–water partition coefficient (Wildman–Crippen LogP) is 3.08. The van der Waals surface area contributed by atoms with E-state index in [0.29, 0.717) is 12.6 Å². The third-order valence-electron chi connectivity index (χ3n) is 4.97. The molecule has 1 aliphatic carbocycles. The average molecular weight is 355 g/mol. The number of nitrogens with one attached hydrogen (secondary N) is 2. The van der Waals surface area contributed by atoms with Gasteiger partial charge in [0, 0.05) is 19.0 Å². The number of aromatic nitrogens is 3. The van der Waals surface area contributed by atoms with Gasteiger partial charge in [-0.3, -0.25) is 4.99 Å². The van der Waals surface area contributed by atoms with Gasteiger partial charge in [-0.1, -0.05) is 50.1 Å². The first-order valence-corrected chi connectivity index (χ1v) is 9.75. The molecule has 0 bridgehead atoms. The Balaban J connectivity index is 1.63. The topological polar surface area (TPSA) is 67.1 Å². The second-order valence-corrected chi connectivity index (χ2v) is 6.93. The lowest BCUT2D eigenvalue weighted by Crippen LogP contribution is -2.43. The minimum Gasteiger partial charge on any atom is -0.354 e. The summed E-state index contributed by atoms with van der Waals surface area (Å²) in [4.78, 5) is 4.82. The van der Waals surface area contributed by atoms with E-state index in [1.807, 2.05) is 6.07 Å². The molecule has 1 unspecified atom stereocenters. The predicted molar refractivity (Wildman–Crippen MR) is 105 cm³/mol. The van der Waals surface area contributed by atoms with Crippen LogP contribution in [-0.4, -0.2) is 33.3 Å². The summed E-state index contributed by atoms with van der Waals surface area (Å²) in [5, 5.41) is 15.3. The highest BCUT2D eigenvalue weighted by molar-refractivity contribution is 5.80. The quantitative estimate of drug-likeness (QED) is 0.592. The van der Waals surface area contributed by atoms with Crippen LogP contribution in [0.3, 0.4) is 0 Å². The summed E-state index contributed by atoms with van der Waals surface area (Å²) in [6.45, 7) is 5.78. The summed E-state index contributed by atoms with van der Waals surface area (Å²) >= 11 is 0. The molecule has 1 fully saturated rings. The fourth-order valence-electron chi connectivity index (χ4n) is 3.44. The molecule has 1 aliphatic rings. The van der Waals surface area contributed by atoms with Gasteiger partial charge in [0.2, 0.25) is 0 Å². The van der Waals surface area contributed by atoms with Gasteiger partial charge in [-0.05, 0) is 25.3 Å². The zero-order chi connectivity index (χ0) is 18.2. The highest BCUT2D eigenvalue weighted by atomic mass is 15.3. The molecule has 0 saturated heterocycles. The smallest absolute Gasteiger partial charge is 0.192 e. The van der Waals surface area contributed by atoms with Crippen LogP contribution in [0.15, 0.2) is 41.7 Å². The number of aliphatic imine (C=N–C) groups is 1. The van der Waals surface area contributed by atoms with Crippen molar-refractivity contribution < 1.29 is 0 Å². The van der Waals surface area contributed by atoms with Gasteiger partial charge in [0.25, 0.3) is 0 Å².